The Bertz CT molecular complexity index is 341. The first-order chi connectivity index (χ1) is 6.81. The minimum atomic E-state index is -0.325. The predicted octanol–water partition coefficient (Wildman–Crippen LogP) is 1.61. The average molecular weight is 231 g/mol. The topological polar surface area (TPSA) is 55.3 Å². The van der Waals surface area contributed by atoms with Gasteiger partial charge in [0, 0.05) is 0 Å². The van der Waals surface area contributed by atoms with E-state index >= 15 is 0 Å². The number of hydrogen-bond donors (Lipinski definition) is 0. The number of thioether (sulfide) groups is 1. The van der Waals surface area contributed by atoms with E-state index in [4.69, 9.17) is 4.74 Å². The molecule has 1 saturated heterocycles. The highest BCUT2D eigenvalue weighted by Gasteiger charge is 2.26. The summed E-state index contributed by atoms with van der Waals surface area (Å²) in [6, 6.07) is 0. The smallest absolute Gasteiger partial charge is 0.416 e. The molecule has 1 amide bonds. The van der Waals surface area contributed by atoms with Crippen LogP contribution in [0.2, 0.25) is 0 Å². The van der Waals surface area contributed by atoms with Crippen molar-refractivity contribution in [2.45, 2.75) is 11.3 Å². The van der Waals surface area contributed by atoms with E-state index in [0.717, 1.165) is 10.1 Å². The number of carbonyl (C=O) groups is 1. The van der Waals surface area contributed by atoms with Gasteiger partial charge in [-0.2, -0.15) is 0 Å². The Labute approximate surface area is 89.5 Å². The first kappa shape index (κ1) is 9.72. The number of rotatable bonds is 3. The lowest BCUT2D eigenvalue weighted by atomic mass is 10.7. The predicted molar refractivity (Wildman–Crippen MR) is 55.0 cm³/mol. The Morgan fingerprint density at radius 3 is 3.14 bits per heavy atom. The van der Waals surface area contributed by atoms with Crippen molar-refractivity contribution in [2.75, 3.05) is 23.8 Å². The van der Waals surface area contributed by atoms with Crippen LogP contribution < -0.4 is 4.90 Å². The van der Waals surface area contributed by atoms with Crippen molar-refractivity contribution in [3.63, 3.8) is 0 Å². The Morgan fingerprint density at radius 1 is 1.64 bits per heavy atom. The number of aromatic nitrogens is 2. The summed E-state index contributed by atoms with van der Waals surface area (Å²) in [6.45, 7) is 3.06. The van der Waals surface area contributed by atoms with Gasteiger partial charge in [-0.05, 0) is 5.75 Å². The molecule has 0 atom stereocenters. The number of anilines is 1. The monoisotopic (exact) mass is 231 g/mol. The van der Waals surface area contributed by atoms with Crippen molar-refractivity contribution in [1.29, 1.82) is 0 Å². The van der Waals surface area contributed by atoms with Gasteiger partial charge in [-0.15, -0.1) is 10.2 Å². The fourth-order valence-electron chi connectivity index (χ4n) is 1.06. The van der Waals surface area contributed by atoms with Crippen LogP contribution >= 0.6 is 23.1 Å². The highest BCUT2D eigenvalue weighted by Crippen LogP contribution is 2.28. The van der Waals surface area contributed by atoms with E-state index < -0.39 is 0 Å². The zero-order chi connectivity index (χ0) is 9.97. The zero-order valence-corrected chi connectivity index (χ0v) is 9.23. The Hall–Kier alpha value is -0.820. The maximum absolute atomic E-state index is 11.2. The van der Waals surface area contributed by atoms with E-state index in [1.54, 1.807) is 11.8 Å². The molecular weight excluding hydrogens is 222 g/mol. The lowest BCUT2D eigenvalue weighted by molar-refractivity contribution is 0.181. The van der Waals surface area contributed by atoms with E-state index in [0.29, 0.717) is 18.3 Å². The highest BCUT2D eigenvalue weighted by molar-refractivity contribution is 8.01. The van der Waals surface area contributed by atoms with Crippen molar-refractivity contribution in [1.82, 2.24) is 10.2 Å². The Balaban J connectivity index is 2.12. The second-order valence-corrected chi connectivity index (χ2v) is 5.02. The molecule has 1 aromatic heterocycles. The van der Waals surface area contributed by atoms with Gasteiger partial charge in [0.1, 0.15) is 6.61 Å². The molecule has 0 radical (unpaired) electrons. The first-order valence-corrected chi connectivity index (χ1v) is 6.02. The molecule has 2 rings (SSSR count). The maximum atomic E-state index is 11.2. The third-order valence-corrected chi connectivity index (χ3v) is 3.62. The molecule has 0 aromatic carbocycles. The van der Waals surface area contributed by atoms with Gasteiger partial charge in [0.2, 0.25) is 5.13 Å². The Morgan fingerprint density at radius 2 is 2.50 bits per heavy atom. The lowest BCUT2D eigenvalue weighted by Gasteiger charge is -2.05. The third-order valence-electron chi connectivity index (χ3n) is 1.66. The molecule has 0 spiro atoms. The van der Waals surface area contributed by atoms with Crippen LogP contribution in [0.5, 0.6) is 0 Å². The third kappa shape index (κ3) is 1.83. The molecule has 1 aliphatic heterocycles. The summed E-state index contributed by atoms with van der Waals surface area (Å²) in [5, 5.41) is 8.54. The van der Waals surface area contributed by atoms with Gasteiger partial charge in [0.05, 0.1) is 6.54 Å². The van der Waals surface area contributed by atoms with Gasteiger partial charge in [0.25, 0.3) is 0 Å². The largest absolute Gasteiger partial charge is 0.447 e. The summed E-state index contributed by atoms with van der Waals surface area (Å²) < 4.78 is 5.70. The summed E-state index contributed by atoms with van der Waals surface area (Å²) in [5.41, 5.74) is 0. The molecule has 0 bridgehead atoms. The summed E-state index contributed by atoms with van der Waals surface area (Å²) in [6.07, 6.45) is -0.325. The number of ether oxygens (including phenoxy) is 1. The molecule has 0 aliphatic carbocycles. The SMILES string of the molecule is CCSc1nnc(N2CCOC2=O)s1. The summed E-state index contributed by atoms with van der Waals surface area (Å²) in [4.78, 5) is 12.7. The van der Waals surface area contributed by atoms with Crippen LogP contribution in [-0.2, 0) is 4.74 Å². The van der Waals surface area contributed by atoms with Gasteiger partial charge in [0.15, 0.2) is 4.34 Å². The molecule has 5 nitrogen and oxygen atoms in total. The molecule has 0 saturated carbocycles. The molecule has 14 heavy (non-hydrogen) atoms. The minimum Gasteiger partial charge on any atom is -0.447 e. The average Bonchev–Trinajstić information content (AvgIpc) is 2.74. The van der Waals surface area contributed by atoms with E-state index in [2.05, 4.69) is 17.1 Å². The van der Waals surface area contributed by atoms with Crippen molar-refractivity contribution in [2.24, 2.45) is 0 Å². The van der Waals surface area contributed by atoms with Crippen LogP contribution in [0.1, 0.15) is 6.92 Å². The Kier molecular flexibility index (Phi) is 2.87. The van der Waals surface area contributed by atoms with Crippen LogP contribution in [0.4, 0.5) is 9.93 Å². The molecule has 7 heteroatoms. The fourth-order valence-corrected chi connectivity index (χ4v) is 2.81. The standard InChI is InChI=1S/C7H9N3O2S2/c1-2-13-6-9-8-5(14-6)10-3-4-12-7(10)11/h2-4H2,1H3. The highest BCUT2D eigenvalue weighted by atomic mass is 32.2. The molecule has 1 aliphatic rings. The van der Waals surface area contributed by atoms with Crippen LogP contribution in [0.25, 0.3) is 0 Å². The second-order valence-electron chi connectivity index (χ2n) is 2.55. The number of hydrogen-bond acceptors (Lipinski definition) is 6. The van der Waals surface area contributed by atoms with E-state index in [1.807, 2.05) is 0 Å². The van der Waals surface area contributed by atoms with Gasteiger partial charge < -0.3 is 4.74 Å². The molecule has 1 aromatic rings. The van der Waals surface area contributed by atoms with Crippen molar-refractivity contribution in [3.05, 3.63) is 0 Å². The van der Waals surface area contributed by atoms with Crippen molar-refractivity contribution in [3.8, 4) is 0 Å². The number of cyclic esters (lactones) is 1. The van der Waals surface area contributed by atoms with E-state index in [9.17, 15) is 4.79 Å². The fraction of sp³-hybridized carbons (Fsp3) is 0.571. The van der Waals surface area contributed by atoms with E-state index in [-0.39, 0.29) is 6.09 Å². The molecule has 1 fully saturated rings. The number of nitrogens with zero attached hydrogens (tertiary/aromatic N) is 3. The van der Waals surface area contributed by atoms with Crippen LogP contribution in [-0.4, -0.2) is 35.2 Å². The maximum Gasteiger partial charge on any atom is 0.416 e. The normalized spacial score (nSPS) is 16.1. The molecule has 0 N–H and O–H groups in total. The van der Waals surface area contributed by atoms with Crippen LogP contribution in [0.3, 0.4) is 0 Å². The number of carbonyl (C=O) groups excluding carboxylic acids is 1. The lowest BCUT2D eigenvalue weighted by Crippen LogP contribution is -2.22. The zero-order valence-electron chi connectivity index (χ0n) is 7.60. The number of amides is 1. The first-order valence-electron chi connectivity index (χ1n) is 4.22. The summed E-state index contributed by atoms with van der Waals surface area (Å²) in [7, 11) is 0. The van der Waals surface area contributed by atoms with Crippen molar-refractivity contribution < 1.29 is 9.53 Å². The van der Waals surface area contributed by atoms with Gasteiger partial charge >= 0.3 is 6.09 Å². The van der Waals surface area contributed by atoms with Gasteiger partial charge in [-0.1, -0.05) is 30.0 Å². The van der Waals surface area contributed by atoms with Gasteiger partial charge in [-0.3, -0.25) is 0 Å². The molecule has 2 heterocycles. The van der Waals surface area contributed by atoms with Crippen LogP contribution in [0.15, 0.2) is 4.34 Å². The van der Waals surface area contributed by atoms with Crippen LogP contribution in [0, 0.1) is 0 Å². The molecule has 76 valence electrons. The van der Waals surface area contributed by atoms with Crippen molar-refractivity contribution >= 4 is 34.3 Å². The molecule has 0 unspecified atom stereocenters. The van der Waals surface area contributed by atoms with Gasteiger partial charge in [-0.25, -0.2) is 9.69 Å². The summed E-state index contributed by atoms with van der Waals surface area (Å²) >= 11 is 3.05. The van der Waals surface area contributed by atoms with E-state index in [1.165, 1.54) is 16.2 Å². The molecular formula is C7H9N3O2S2. The minimum absolute atomic E-state index is 0.325. The quantitative estimate of drug-likeness (QED) is 0.584. The second kappa shape index (κ2) is 4.14. The summed E-state index contributed by atoms with van der Waals surface area (Å²) in [5.74, 6) is 0.957.